The Bertz CT molecular complexity index is 1790. The van der Waals surface area contributed by atoms with Crippen LogP contribution in [0.2, 0.25) is 0 Å². The van der Waals surface area contributed by atoms with Gasteiger partial charge in [-0.1, -0.05) is 37.1 Å². The van der Waals surface area contributed by atoms with Gasteiger partial charge in [-0.2, -0.15) is 39.5 Å². The van der Waals surface area contributed by atoms with Gasteiger partial charge in [-0.05, 0) is 75.4 Å². The molecule has 0 saturated carbocycles. The summed E-state index contributed by atoms with van der Waals surface area (Å²) in [6, 6.07) is 14.1. The lowest BCUT2D eigenvalue weighted by Gasteiger charge is -2.33. The summed E-state index contributed by atoms with van der Waals surface area (Å²) in [7, 11) is 0. The molecule has 62 heavy (non-hydrogen) atoms. The van der Waals surface area contributed by atoms with Crippen molar-refractivity contribution in [2.24, 2.45) is 28.1 Å². The number of nitrogens with zero attached hydrogens (tertiary/aromatic N) is 3. The number of aliphatic imine (C=N–C) groups is 1. The first-order valence-corrected chi connectivity index (χ1v) is 18.2. The summed E-state index contributed by atoms with van der Waals surface area (Å²) in [5.41, 5.74) is 18.9. The van der Waals surface area contributed by atoms with Crippen LogP contribution in [0.5, 0.6) is 0 Å². The molecule has 3 amide bonds. The average Bonchev–Trinajstić information content (AvgIpc) is 3.30. The second kappa shape index (κ2) is 24.9. The smallest absolute Gasteiger partial charge is 0.475 e. The Hall–Kier alpha value is -6.18. The standard InChI is InChI=1S/C30H42N8O3.3C2HF3O2/c31-23(10-7-17-35-30(32)33)29(41)34-16-6-5-8-21-14-18-37(19-15-21)20-27(39)38-25-12-3-1-9-22(25)28(40)36-24-11-2-4-13-26(24)38;3*3-2(4,5)1(6)7/h1-4,9,11-13,21,23H,5-8,10,14-20,31H2,(H,34,41)(H,36,40)(H4,32,33,35);3*(H,6,7)/t23-;;;/m0.../s1. The summed E-state index contributed by atoms with van der Waals surface area (Å²) < 4.78 is 95.2. The van der Waals surface area contributed by atoms with E-state index < -0.39 is 42.5 Å². The Labute approximate surface area is 347 Å². The number of halogens is 9. The average molecular weight is 905 g/mol. The predicted molar refractivity (Wildman–Crippen MR) is 203 cm³/mol. The van der Waals surface area contributed by atoms with Crippen LogP contribution < -0.4 is 32.7 Å². The molecule has 1 atom stereocenters. The highest BCUT2D eigenvalue weighted by Crippen LogP contribution is 2.38. The number of piperidine rings is 1. The fourth-order valence-corrected chi connectivity index (χ4v) is 5.47. The van der Waals surface area contributed by atoms with Crippen LogP contribution in [0.1, 0.15) is 55.3 Å². The zero-order chi connectivity index (χ0) is 47.4. The second-order valence-corrected chi connectivity index (χ2v) is 13.2. The lowest BCUT2D eigenvalue weighted by Crippen LogP contribution is -2.42. The molecule has 0 radical (unpaired) electrons. The predicted octanol–water partition coefficient (Wildman–Crippen LogP) is 4.20. The van der Waals surface area contributed by atoms with Gasteiger partial charge < -0.3 is 43.2 Å². The quantitative estimate of drug-likeness (QED) is 0.0643. The van der Waals surface area contributed by atoms with Crippen LogP contribution >= 0.6 is 0 Å². The van der Waals surface area contributed by atoms with E-state index in [-0.39, 0.29) is 23.7 Å². The van der Waals surface area contributed by atoms with Crippen molar-refractivity contribution in [1.82, 2.24) is 10.2 Å². The normalized spacial score (nSPS) is 14.5. The molecule has 2 heterocycles. The molecule has 0 aromatic heterocycles. The first-order valence-electron chi connectivity index (χ1n) is 18.2. The molecule has 1 saturated heterocycles. The third-order valence-electron chi connectivity index (χ3n) is 8.47. The summed E-state index contributed by atoms with van der Waals surface area (Å²) in [5, 5.41) is 27.2. The Balaban J connectivity index is 0.000000751. The number of alkyl halides is 9. The molecule has 2 aromatic rings. The lowest BCUT2D eigenvalue weighted by atomic mass is 9.91. The minimum atomic E-state index is -5.08. The molecule has 1 fully saturated rings. The third-order valence-corrected chi connectivity index (χ3v) is 8.47. The molecular formula is C36H45F9N8O9. The maximum Gasteiger partial charge on any atom is 0.490 e. The van der Waals surface area contributed by atoms with Gasteiger partial charge in [0.1, 0.15) is 0 Å². The van der Waals surface area contributed by atoms with Gasteiger partial charge in [0.15, 0.2) is 5.96 Å². The number of guanidine groups is 1. The largest absolute Gasteiger partial charge is 0.490 e. The van der Waals surface area contributed by atoms with Gasteiger partial charge in [0.05, 0.1) is 35.2 Å². The van der Waals surface area contributed by atoms with Gasteiger partial charge in [-0.3, -0.25) is 29.2 Å². The zero-order valence-electron chi connectivity index (χ0n) is 32.5. The minimum Gasteiger partial charge on any atom is -0.475 e. The van der Waals surface area contributed by atoms with Crippen LogP contribution in [0.3, 0.4) is 0 Å². The van der Waals surface area contributed by atoms with Gasteiger partial charge in [-0.15, -0.1) is 0 Å². The molecule has 17 nitrogen and oxygen atoms in total. The Morgan fingerprint density at radius 3 is 1.76 bits per heavy atom. The van der Waals surface area contributed by atoms with Crippen LogP contribution in [-0.2, 0) is 24.0 Å². The molecule has 4 rings (SSSR count). The highest BCUT2D eigenvalue weighted by atomic mass is 19.4. The number of carbonyl (C=O) groups excluding carboxylic acids is 3. The van der Waals surface area contributed by atoms with Gasteiger partial charge in [0, 0.05) is 13.1 Å². The third kappa shape index (κ3) is 19.9. The summed E-state index contributed by atoms with van der Waals surface area (Å²) in [6.07, 6.45) is -8.94. The SMILES string of the molecule is NC(N)=NCCC[C@H](N)C(=O)NCCCCC1CCN(CC(=O)N2c3ccccc3NC(=O)c3ccccc32)CC1.O=C(O)C(F)(F)F.O=C(O)C(F)(F)F.O=C(O)C(F)(F)F. The topological polar surface area (TPSA) is 284 Å². The maximum absolute atomic E-state index is 13.7. The molecule has 26 heteroatoms. The van der Waals surface area contributed by atoms with Crippen LogP contribution in [0.15, 0.2) is 53.5 Å². The van der Waals surface area contributed by atoms with Gasteiger partial charge in [-0.25, -0.2) is 14.4 Å². The number of fused-ring (bicyclic) bond motifs is 2. The number of anilines is 3. The molecular weight excluding hydrogens is 859 g/mol. The number of carbonyl (C=O) groups is 6. The van der Waals surface area contributed by atoms with E-state index in [9.17, 15) is 53.9 Å². The van der Waals surface area contributed by atoms with E-state index in [4.69, 9.17) is 46.9 Å². The number of carboxylic acid groups (broad SMARTS) is 3. The van der Waals surface area contributed by atoms with Crippen LogP contribution in [0, 0.1) is 5.92 Å². The molecule has 0 unspecified atom stereocenters. The number of amides is 3. The number of unbranched alkanes of at least 4 members (excludes halogenated alkanes) is 1. The fourth-order valence-electron chi connectivity index (χ4n) is 5.47. The molecule has 0 spiro atoms. The summed E-state index contributed by atoms with van der Waals surface area (Å²) >= 11 is 0. The lowest BCUT2D eigenvalue weighted by molar-refractivity contribution is -0.193. The Kier molecular flexibility index (Phi) is 21.6. The number of para-hydroxylation sites is 3. The summed E-state index contributed by atoms with van der Waals surface area (Å²) in [5.74, 6) is -8.02. The van der Waals surface area contributed by atoms with Crippen molar-refractivity contribution in [2.75, 3.05) is 42.9 Å². The van der Waals surface area contributed by atoms with Crippen molar-refractivity contribution in [2.45, 2.75) is 69.5 Å². The minimum absolute atomic E-state index is 0.0452. The number of hydrogen-bond donors (Lipinski definition) is 8. The number of benzene rings is 2. The van der Waals surface area contributed by atoms with Crippen molar-refractivity contribution < 1.29 is 83.6 Å². The zero-order valence-corrected chi connectivity index (χ0v) is 32.5. The van der Waals surface area contributed by atoms with E-state index in [1.54, 1.807) is 11.0 Å². The molecule has 11 N–H and O–H groups in total. The monoisotopic (exact) mass is 904 g/mol. The Morgan fingerprint density at radius 2 is 1.26 bits per heavy atom. The van der Waals surface area contributed by atoms with E-state index >= 15 is 0 Å². The van der Waals surface area contributed by atoms with Gasteiger partial charge in [0.2, 0.25) is 11.8 Å². The van der Waals surface area contributed by atoms with Crippen LogP contribution in [0.25, 0.3) is 0 Å². The second-order valence-electron chi connectivity index (χ2n) is 13.2. The summed E-state index contributed by atoms with van der Waals surface area (Å²) in [6.45, 7) is 3.09. The van der Waals surface area contributed by atoms with Crippen molar-refractivity contribution in [3.05, 3.63) is 54.1 Å². The number of hydrogen-bond acceptors (Lipinski definition) is 9. The Morgan fingerprint density at radius 1 is 0.774 bits per heavy atom. The first kappa shape index (κ1) is 53.8. The van der Waals surface area contributed by atoms with Crippen molar-refractivity contribution in [1.29, 1.82) is 0 Å². The molecule has 0 bridgehead atoms. The molecule has 2 aromatic carbocycles. The molecule has 2 aliphatic rings. The van der Waals surface area contributed by atoms with E-state index in [2.05, 4.69) is 20.5 Å². The fraction of sp³-hybridized carbons (Fsp3) is 0.472. The van der Waals surface area contributed by atoms with Crippen molar-refractivity contribution in [3.63, 3.8) is 0 Å². The first-order chi connectivity index (χ1) is 28.7. The van der Waals surface area contributed by atoms with Crippen molar-refractivity contribution in [3.8, 4) is 0 Å². The highest BCUT2D eigenvalue weighted by Gasteiger charge is 2.39. The van der Waals surface area contributed by atoms with Gasteiger partial charge >= 0.3 is 36.4 Å². The number of rotatable bonds is 12. The number of likely N-dealkylation sites (tertiary alicyclic amines) is 1. The number of aliphatic carboxylic acids is 3. The molecule has 0 aliphatic carbocycles. The van der Waals surface area contributed by atoms with Crippen LogP contribution in [-0.4, -0.2) is 119 Å². The van der Waals surface area contributed by atoms with E-state index in [1.165, 1.54) is 0 Å². The molecule has 346 valence electrons. The van der Waals surface area contributed by atoms with Crippen LogP contribution in [0.4, 0.5) is 56.6 Å². The van der Waals surface area contributed by atoms with E-state index in [0.717, 1.165) is 45.2 Å². The number of nitrogens with one attached hydrogen (secondary N) is 2. The van der Waals surface area contributed by atoms with Crippen molar-refractivity contribution >= 4 is 58.7 Å². The number of carboxylic acids is 3. The highest BCUT2D eigenvalue weighted by molar-refractivity contribution is 6.17. The summed E-state index contributed by atoms with van der Waals surface area (Å²) in [4.78, 5) is 73.1. The molecule has 2 aliphatic heterocycles. The van der Waals surface area contributed by atoms with Gasteiger partial charge in [0.25, 0.3) is 5.91 Å². The maximum atomic E-state index is 13.7. The van der Waals surface area contributed by atoms with E-state index in [1.807, 2.05) is 42.5 Å². The number of nitrogens with two attached hydrogens (primary N) is 3. The van der Waals surface area contributed by atoms with E-state index in [0.29, 0.717) is 61.0 Å².